The van der Waals surface area contributed by atoms with Crippen LogP contribution in [-0.4, -0.2) is 41.3 Å². The van der Waals surface area contributed by atoms with Crippen molar-refractivity contribution in [2.24, 2.45) is 11.8 Å². The number of halogens is 2. The molecule has 2 aliphatic rings. The van der Waals surface area contributed by atoms with Gasteiger partial charge in [0.25, 0.3) is 5.91 Å². The summed E-state index contributed by atoms with van der Waals surface area (Å²) in [6.45, 7) is 0.622. The maximum Gasteiger partial charge on any atom is 0.268 e. The van der Waals surface area contributed by atoms with Crippen LogP contribution >= 0.6 is 11.6 Å². The van der Waals surface area contributed by atoms with E-state index in [0.717, 1.165) is 19.3 Å². The molecule has 0 bridgehead atoms. The Bertz CT molecular complexity index is 1080. The van der Waals surface area contributed by atoms with E-state index in [1.165, 1.54) is 18.2 Å². The summed E-state index contributed by atoms with van der Waals surface area (Å²) in [5.41, 5.74) is 0.201. The number of nitriles is 1. The van der Waals surface area contributed by atoms with Gasteiger partial charge in [0.15, 0.2) is 0 Å². The number of aromatic nitrogens is 1. The number of H-pyrrole nitrogens is 1. The summed E-state index contributed by atoms with van der Waals surface area (Å²) >= 11 is 6.10. The molecule has 8 nitrogen and oxygen atoms in total. The average molecular weight is 474 g/mol. The van der Waals surface area contributed by atoms with Crippen LogP contribution in [0.3, 0.4) is 0 Å². The predicted molar refractivity (Wildman–Crippen MR) is 120 cm³/mol. The van der Waals surface area contributed by atoms with E-state index in [4.69, 9.17) is 11.6 Å². The van der Waals surface area contributed by atoms with Crippen LogP contribution in [0.1, 0.15) is 49.0 Å². The Morgan fingerprint density at radius 2 is 2.03 bits per heavy atom. The fourth-order valence-corrected chi connectivity index (χ4v) is 4.40. The van der Waals surface area contributed by atoms with Crippen LogP contribution in [0.15, 0.2) is 18.2 Å². The second-order valence-electron chi connectivity index (χ2n) is 8.76. The molecule has 2 aromatic rings. The molecule has 3 amide bonds. The van der Waals surface area contributed by atoms with E-state index in [-0.39, 0.29) is 29.5 Å². The lowest BCUT2D eigenvalue weighted by molar-refractivity contribution is -0.128. The van der Waals surface area contributed by atoms with E-state index in [0.29, 0.717) is 35.7 Å². The van der Waals surface area contributed by atoms with E-state index < -0.39 is 29.7 Å². The summed E-state index contributed by atoms with van der Waals surface area (Å²) in [5.74, 6) is -1.69. The van der Waals surface area contributed by atoms with Crippen LogP contribution in [0.4, 0.5) is 4.39 Å². The molecule has 4 N–H and O–H groups in total. The normalized spacial score (nSPS) is 19.9. The number of hydrogen-bond donors (Lipinski definition) is 4. The topological polar surface area (TPSA) is 127 Å². The molecule has 1 aromatic heterocycles. The molecule has 174 valence electrons. The number of carbonyl (C=O) groups is 3. The molecule has 0 radical (unpaired) electrons. The fourth-order valence-electron chi connectivity index (χ4n) is 4.19. The Kier molecular flexibility index (Phi) is 6.84. The van der Waals surface area contributed by atoms with Gasteiger partial charge in [-0.3, -0.25) is 14.4 Å². The number of amides is 3. The summed E-state index contributed by atoms with van der Waals surface area (Å²) < 4.78 is 14.1. The highest BCUT2D eigenvalue weighted by Gasteiger charge is 2.33. The van der Waals surface area contributed by atoms with Gasteiger partial charge in [0.05, 0.1) is 16.6 Å². The number of carbonyl (C=O) groups excluding carboxylic acids is 3. The fraction of sp³-hybridized carbons (Fsp3) is 0.478. The second-order valence-corrected chi connectivity index (χ2v) is 9.17. The largest absolute Gasteiger partial charge is 0.356 e. The smallest absolute Gasteiger partial charge is 0.268 e. The van der Waals surface area contributed by atoms with Gasteiger partial charge in [0.2, 0.25) is 11.8 Å². The summed E-state index contributed by atoms with van der Waals surface area (Å²) in [7, 11) is 0. The van der Waals surface area contributed by atoms with Crippen molar-refractivity contribution in [3.63, 3.8) is 0 Å². The molecule has 1 aliphatic carbocycles. The Labute approximate surface area is 195 Å². The van der Waals surface area contributed by atoms with Crippen molar-refractivity contribution in [2.75, 3.05) is 6.54 Å². The summed E-state index contributed by atoms with van der Waals surface area (Å²) in [5, 5.41) is 18.4. The zero-order chi connectivity index (χ0) is 23.5. The second kappa shape index (κ2) is 9.79. The van der Waals surface area contributed by atoms with Crippen molar-refractivity contribution in [2.45, 2.75) is 50.6 Å². The van der Waals surface area contributed by atoms with Crippen LogP contribution in [0.25, 0.3) is 10.9 Å². The van der Waals surface area contributed by atoms with Crippen molar-refractivity contribution in [3.8, 4) is 6.07 Å². The number of aromatic amines is 1. The molecule has 2 fully saturated rings. The summed E-state index contributed by atoms with van der Waals surface area (Å²) in [4.78, 5) is 40.6. The van der Waals surface area contributed by atoms with Crippen LogP contribution in [-0.2, 0) is 9.59 Å². The molecule has 10 heteroatoms. The minimum atomic E-state index is -0.854. The number of rotatable bonds is 8. The molecule has 1 aromatic carbocycles. The zero-order valence-corrected chi connectivity index (χ0v) is 18.7. The van der Waals surface area contributed by atoms with Crippen LogP contribution in [0.2, 0.25) is 5.02 Å². The third-order valence-electron chi connectivity index (χ3n) is 6.21. The highest BCUT2D eigenvalue weighted by atomic mass is 35.5. The molecule has 0 spiro atoms. The van der Waals surface area contributed by atoms with Crippen molar-refractivity contribution >= 4 is 40.2 Å². The molecule has 2 unspecified atom stereocenters. The number of nitrogens with zero attached hydrogens (tertiary/aromatic N) is 1. The van der Waals surface area contributed by atoms with E-state index >= 15 is 0 Å². The highest BCUT2D eigenvalue weighted by Crippen LogP contribution is 2.34. The minimum absolute atomic E-state index is 0.0845. The number of piperidine rings is 1. The van der Waals surface area contributed by atoms with Gasteiger partial charge in [-0.05, 0) is 49.8 Å². The van der Waals surface area contributed by atoms with Gasteiger partial charge in [0, 0.05) is 17.8 Å². The lowest BCUT2D eigenvalue weighted by Gasteiger charge is -2.25. The quantitative estimate of drug-likeness (QED) is 0.470. The molecule has 1 saturated carbocycles. The van der Waals surface area contributed by atoms with Crippen molar-refractivity contribution in [3.05, 3.63) is 34.7 Å². The summed E-state index contributed by atoms with van der Waals surface area (Å²) in [6.07, 6.45) is 4.10. The van der Waals surface area contributed by atoms with Gasteiger partial charge in [-0.1, -0.05) is 24.4 Å². The first-order valence-corrected chi connectivity index (χ1v) is 11.5. The van der Waals surface area contributed by atoms with Crippen LogP contribution in [0.5, 0.6) is 0 Å². The lowest BCUT2D eigenvalue weighted by atomic mass is 9.92. The number of hydrogen-bond acceptors (Lipinski definition) is 4. The number of nitrogens with one attached hydrogen (secondary N) is 4. The van der Waals surface area contributed by atoms with E-state index in [9.17, 15) is 24.0 Å². The standard InChI is InChI=1S/C23H25ClFN5O3/c24-16-5-6-17(25)20-15(16)10-19(29-20)23(33)30-18(8-12-3-4-12)22(32)28-14(11-26)9-13-2-1-7-27-21(13)31/h5-6,10,12-14,18,29H,1-4,7-9H2,(H,27,31)(H,28,32)(H,30,33)/t13-,14?,18?/m0/s1. The van der Waals surface area contributed by atoms with Gasteiger partial charge in [-0.2, -0.15) is 5.26 Å². The first kappa shape index (κ1) is 23.1. The maximum absolute atomic E-state index is 14.1. The average Bonchev–Trinajstić information content (AvgIpc) is 3.49. The third kappa shape index (κ3) is 5.45. The monoisotopic (exact) mass is 473 g/mol. The zero-order valence-electron chi connectivity index (χ0n) is 17.9. The Balaban J connectivity index is 1.45. The molecule has 4 rings (SSSR count). The predicted octanol–water partition coefficient (Wildman–Crippen LogP) is 2.78. The van der Waals surface area contributed by atoms with Crippen molar-refractivity contribution < 1.29 is 18.8 Å². The maximum atomic E-state index is 14.1. The number of benzene rings is 1. The van der Waals surface area contributed by atoms with E-state index in [1.54, 1.807) is 0 Å². The molecule has 3 atom stereocenters. The molecule has 1 aliphatic heterocycles. The molecular formula is C23H25ClFN5O3. The third-order valence-corrected chi connectivity index (χ3v) is 6.54. The summed E-state index contributed by atoms with van der Waals surface area (Å²) in [6, 6.07) is 4.42. The molecular weight excluding hydrogens is 449 g/mol. The van der Waals surface area contributed by atoms with E-state index in [2.05, 4.69) is 27.0 Å². The first-order chi connectivity index (χ1) is 15.9. The van der Waals surface area contributed by atoms with Gasteiger partial charge in [-0.25, -0.2) is 4.39 Å². The lowest BCUT2D eigenvalue weighted by Crippen LogP contribution is -2.50. The van der Waals surface area contributed by atoms with Crippen LogP contribution < -0.4 is 16.0 Å². The first-order valence-electron chi connectivity index (χ1n) is 11.1. The van der Waals surface area contributed by atoms with Crippen molar-refractivity contribution in [1.29, 1.82) is 5.26 Å². The van der Waals surface area contributed by atoms with E-state index in [1.807, 2.05) is 0 Å². The minimum Gasteiger partial charge on any atom is -0.356 e. The molecule has 33 heavy (non-hydrogen) atoms. The molecule has 2 heterocycles. The highest BCUT2D eigenvalue weighted by molar-refractivity contribution is 6.35. The van der Waals surface area contributed by atoms with Gasteiger partial charge in [0.1, 0.15) is 23.6 Å². The van der Waals surface area contributed by atoms with Crippen LogP contribution in [0, 0.1) is 29.0 Å². The Morgan fingerprint density at radius 3 is 2.70 bits per heavy atom. The van der Waals surface area contributed by atoms with Crippen molar-refractivity contribution in [1.82, 2.24) is 20.9 Å². The SMILES string of the molecule is N#CC(C[C@@H]1CCCNC1=O)NC(=O)C(CC1CC1)NC(=O)c1cc2c(Cl)ccc(F)c2[nH]1. The number of fused-ring (bicyclic) bond motifs is 1. The Morgan fingerprint density at radius 1 is 1.24 bits per heavy atom. The Hall–Kier alpha value is -3.12. The van der Waals surface area contributed by atoms with Gasteiger partial charge in [-0.15, -0.1) is 0 Å². The molecule has 1 saturated heterocycles. The van der Waals surface area contributed by atoms with Gasteiger partial charge >= 0.3 is 0 Å². The van der Waals surface area contributed by atoms with Gasteiger partial charge < -0.3 is 20.9 Å².